The van der Waals surface area contributed by atoms with E-state index < -0.39 is 0 Å². The maximum atomic E-state index is 2.41. The predicted octanol–water partition coefficient (Wildman–Crippen LogP) is 15.8. The molecule has 268 valence electrons. The summed E-state index contributed by atoms with van der Waals surface area (Å²) in [4.78, 5) is 2.31. The summed E-state index contributed by atoms with van der Waals surface area (Å²) in [6, 6.07) is 85.6. The molecule has 0 fully saturated rings. The first-order valence-corrected chi connectivity index (χ1v) is 19.6. The number of fused-ring (bicyclic) bond motifs is 2. The SMILES string of the molecule is c1ccc(-c2cccc(-c3c4ccccc4c(-c4cccc(-c5ccccc5)c4)c4cc(-c5ccc(N(c6ccccc6)c6ccccc6)cc5)ccc34)c2)cc1. The highest BCUT2D eigenvalue weighted by molar-refractivity contribution is 6.22. The zero-order valence-electron chi connectivity index (χ0n) is 31.5. The second-order valence-corrected chi connectivity index (χ2v) is 14.5. The lowest BCUT2D eigenvalue weighted by molar-refractivity contribution is 1.28. The number of anilines is 3. The minimum atomic E-state index is 1.11. The normalized spacial score (nSPS) is 11.2. The topological polar surface area (TPSA) is 3.24 Å². The predicted molar refractivity (Wildman–Crippen MR) is 243 cm³/mol. The van der Waals surface area contributed by atoms with Crippen LogP contribution < -0.4 is 4.90 Å². The summed E-state index contributed by atoms with van der Waals surface area (Å²) in [5.74, 6) is 0. The third-order valence-electron chi connectivity index (χ3n) is 11.0. The van der Waals surface area contributed by atoms with Gasteiger partial charge in [-0.25, -0.2) is 0 Å². The zero-order chi connectivity index (χ0) is 38.0. The van der Waals surface area contributed by atoms with Crippen molar-refractivity contribution in [2.45, 2.75) is 0 Å². The molecule has 10 aromatic rings. The fourth-order valence-electron chi connectivity index (χ4n) is 8.35. The minimum Gasteiger partial charge on any atom is -0.311 e. The molecular formula is C56H39N. The van der Waals surface area contributed by atoms with Gasteiger partial charge in [-0.3, -0.25) is 0 Å². The van der Waals surface area contributed by atoms with Crippen LogP contribution in [0.4, 0.5) is 17.1 Å². The smallest absolute Gasteiger partial charge is 0.0462 e. The number of hydrogen-bond acceptors (Lipinski definition) is 1. The largest absolute Gasteiger partial charge is 0.311 e. The van der Waals surface area contributed by atoms with Crippen LogP contribution in [0.1, 0.15) is 0 Å². The molecule has 57 heavy (non-hydrogen) atoms. The van der Waals surface area contributed by atoms with E-state index in [4.69, 9.17) is 0 Å². The van der Waals surface area contributed by atoms with Crippen LogP contribution in [-0.2, 0) is 0 Å². The van der Waals surface area contributed by atoms with Crippen LogP contribution >= 0.6 is 0 Å². The van der Waals surface area contributed by atoms with Gasteiger partial charge in [0.1, 0.15) is 0 Å². The Morgan fingerprint density at radius 3 is 1.04 bits per heavy atom. The number of benzene rings is 10. The molecule has 10 rings (SSSR count). The molecule has 0 saturated heterocycles. The highest BCUT2D eigenvalue weighted by Crippen LogP contribution is 2.46. The fraction of sp³-hybridized carbons (Fsp3) is 0. The third kappa shape index (κ3) is 6.56. The highest BCUT2D eigenvalue weighted by Gasteiger charge is 2.19. The summed E-state index contributed by atoms with van der Waals surface area (Å²) in [5.41, 5.74) is 15.5. The number of nitrogens with zero attached hydrogens (tertiary/aromatic N) is 1. The van der Waals surface area contributed by atoms with Gasteiger partial charge >= 0.3 is 0 Å². The lowest BCUT2D eigenvalue weighted by Gasteiger charge is -2.25. The Kier molecular flexibility index (Phi) is 8.95. The van der Waals surface area contributed by atoms with Crippen molar-refractivity contribution in [1.29, 1.82) is 0 Å². The summed E-state index contributed by atoms with van der Waals surface area (Å²) in [6.07, 6.45) is 0. The minimum absolute atomic E-state index is 1.11. The van der Waals surface area contributed by atoms with Gasteiger partial charge in [0, 0.05) is 17.1 Å². The van der Waals surface area contributed by atoms with E-state index in [9.17, 15) is 0 Å². The Bertz CT molecular complexity index is 2930. The van der Waals surface area contributed by atoms with E-state index in [1.165, 1.54) is 77.2 Å². The molecule has 0 spiro atoms. The molecule has 0 heterocycles. The Morgan fingerprint density at radius 2 is 0.526 bits per heavy atom. The van der Waals surface area contributed by atoms with Gasteiger partial charge in [-0.15, -0.1) is 0 Å². The second kappa shape index (κ2) is 15.0. The first kappa shape index (κ1) is 34.0. The molecule has 0 amide bonds. The zero-order valence-corrected chi connectivity index (χ0v) is 31.5. The molecular weight excluding hydrogens is 687 g/mol. The second-order valence-electron chi connectivity index (χ2n) is 14.5. The fourth-order valence-corrected chi connectivity index (χ4v) is 8.35. The molecule has 0 aliphatic rings. The van der Waals surface area contributed by atoms with Crippen LogP contribution in [-0.4, -0.2) is 0 Å². The van der Waals surface area contributed by atoms with Gasteiger partial charge in [-0.1, -0.05) is 182 Å². The Morgan fingerprint density at radius 1 is 0.193 bits per heavy atom. The van der Waals surface area contributed by atoms with Gasteiger partial charge < -0.3 is 4.90 Å². The number of hydrogen-bond donors (Lipinski definition) is 0. The van der Waals surface area contributed by atoms with Crippen molar-refractivity contribution in [2.75, 3.05) is 4.90 Å². The van der Waals surface area contributed by atoms with E-state index in [1.807, 2.05) is 0 Å². The van der Waals surface area contributed by atoms with Gasteiger partial charge in [0.25, 0.3) is 0 Å². The first-order valence-electron chi connectivity index (χ1n) is 19.6. The van der Waals surface area contributed by atoms with E-state index in [-0.39, 0.29) is 0 Å². The summed E-state index contributed by atoms with van der Waals surface area (Å²) in [6.45, 7) is 0. The maximum absolute atomic E-state index is 2.41. The van der Waals surface area contributed by atoms with Gasteiger partial charge in [0.05, 0.1) is 0 Å². The molecule has 0 bridgehead atoms. The van der Waals surface area contributed by atoms with E-state index in [2.05, 4.69) is 241 Å². The average Bonchev–Trinajstić information content (AvgIpc) is 3.30. The van der Waals surface area contributed by atoms with Crippen molar-refractivity contribution in [3.63, 3.8) is 0 Å². The van der Waals surface area contributed by atoms with Crippen LogP contribution in [0.25, 0.3) is 77.2 Å². The van der Waals surface area contributed by atoms with Crippen molar-refractivity contribution in [2.24, 2.45) is 0 Å². The van der Waals surface area contributed by atoms with Crippen molar-refractivity contribution in [1.82, 2.24) is 0 Å². The molecule has 1 nitrogen and oxygen atoms in total. The molecule has 1 heteroatoms. The van der Waals surface area contributed by atoms with Gasteiger partial charge in [-0.05, 0) is 132 Å². The summed E-state index contributed by atoms with van der Waals surface area (Å²) in [7, 11) is 0. The number of rotatable bonds is 8. The molecule has 0 atom stereocenters. The van der Waals surface area contributed by atoms with Crippen LogP contribution in [0.3, 0.4) is 0 Å². The Hall–Kier alpha value is -7.48. The third-order valence-corrected chi connectivity index (χ3v) is 11.0. The molecule has 0 aliphatic heterocycles. The standard InChI is InChI=1S/C56H39N/c1-5-17-40(18-6-1)43-21-15-23-46(37-43)55-51-29-13-14-30-52(51)56(47-24-16-22-44(38-47)41-19-7-2-8-20-41)54-39-45(33-36-53(54)55)42-31-34-50(35-32-42)57(48-25-9-3-10-26-48)49-27-11-4-12-28-49/h1-39H. The maximum Gasteiger partial charge on any atom is 0.0462 e. The van der Waals surface area contributed by atoms with Crippen molar-refractivity contribution in [3.8, 4) is 55.6 Å². The molecule has 0 aromatic heterocycles. The number of para-hydroxylation sites is 2. The van der Waals surface area contributed by atoms with E-state index in [0.29, 0.717) is 0 Å². The van der Waals surface area contributed by atoms with Gasteiger partial charge in [-0.2, -0.15) is 0 Å². The highest BCUT2D eigenvalue weighted by atomic mass is 15.1. The van der Waals surface area contributed by atoms with Crippen molar-refractivity contribution >= 4 is 38.6 Å². The lowest BCUT2D eigenvalue weighted by atomic mass is 9.84. The first-order chi connectivity index (χ1) is 28.3. The van der Waals surface area contributed by atoms with E-state index in [0.717, 1.165) is 17.1 Å². The monoisotopic (exact) mass is 725 g/mol. The molecule has 10 aromatic carbocycles. The molecule has 0 unspecified atom stereocenters. The van der Waals surface area contributed by atoms with Gasteiger partial charge in [0.2, 0.25) is 0 Å². The lowest BCUT2D eigenvalue weighted by Crippen LogP contribution is -2.09. The molecule has 0 radical (unpaired) electrons. The average molecular weight is 726 g/mol. The summed E-state index contributed by atoms with van der Waals surface area (Å²) in [5, 5.41) is 4.95. The quantitative estimate of drug-likeness (QED) is 0.141. The van der Waals surface area contributed by atoms with Gasteiger partial charge in [0.15, 0.2) is 0 Å². The van der Waals surface area contributed by atoms with E-state index in [1.54, 1.807) is 0 Å². The van der Waals surface area contributed by atoms with Crippen molar-refractivity contribution < 1.29 is 0 Å². The van der Waals surface area contributed by atoms with Crippen molar-refractivity contribution in [3.05, 3.63) is 237 Å². The van der Waals surface area contributed by atoms with Crippen LogP contribution in [0.2, 0.25) is 0 Å². The molecule has 0 aliphatic carbocycles. The summed E-state index contributed by atoms with van der Waals surface area (Å²) >= 11 is 0. The summed E-state index contributed by atoms with van der Waals surface area (Å²) < 4.78 is 0. The van der Waals surface area contributed by atoms with Crippen LogP contribution in [0, 0.1) is 0 Å². The van der Waals surface area contributed by atoms with E-state index >= 15 is 0 Å². The van der Waals surface area contributed by atoms with Crippen LogP contribution in [0.15, 0.2) is 237 Å². The van der Waals surface area contributed by atoms with Crippen LogP contribution in [0.5, 0.6) is 0 Å². The Balaban J connectivity index is 1.18. The molecule has 0 N–H and O–H groups in total. The molecule has 0 saturated carbocycles. The Labute approximate surface area is 334 Å².